The molecule has 0 unspecified atom stereocenters. The zero-order chi connectivity index (χ0) is 38.5. The molecule has 0 atom stereocenters. The number of aromatic nitrogens is 4. The maximum Gasteiger partial charge on any atom is 0.480 e. The van der Waals surface area contributed by atoms with Gasteiger partial charge < -0.3 is 8.25 Å². The Hall–Kier alpha value is -2.70. The largest absolute Gasteiger partial charge is 0.480 e. The summed E-state index contributed by atoms with van der Waals surface area (Å²) in [6.07, 6.45) is 17.0. The highest BCUT2D eigenvalue weighted by atomic mass is 32.3. The van der Waals surface area contributed by atoms with Crippen LogP contribution < -0.4 is 9.13 Å². The highest BCUT2D eigenvalue weighted by Gasteiger charge is 2.48. The minimum Gasteiger partial charge on any atom is -0.421 e. The van der Waals surface area contributed by atoms with Crippen LogP contribution in [0.25, 0.3) is 8.25 Å². The van der Waals surface area contributed by atoms with E-state index in [1.165, 1.54) is 25.7 Å². The minimum absolute atomic E-state index is 0.778. The average molecular weight is 811 g/mol. The molecular formula is C18H26F12N6O8S4. The highest BCUT2D eigenvalue weighted by Crippen LogP contribution is 2.37. The van der Waals surface area contributed by atoms with Crippen LogP contribution in [0.2, 0.25) is 0 Å². The monoisotopic (exact) mass is 810 g/mol. The number of H-pyrrole nitrogens is 2. The number of aromatic amines is 2. The molecule has 0 radical (unpaired) electrons. The van der Waals surface area contributed by atoms with Gasteiger partial charge in [0.2, 0.25) is 12.7 Å². The van der Waals surface area contributed by atoms with Crippen molar-refractivity contribution in [1.82, 2.24) is 9.97 Å². The summed E-state index contributed by atoms with van der Waals surface area (Å²) in [6, 6.07) is 0. The summed E-state index contributed by atoms with van der Waals surface area (Å²) in [5.74, 6) is 0. The molecular weight excluding hydrogens is 784 g/mol. The van der Waals surface area contributed by atoms with Gasteiger partial charge in [0.15, 0.2) is 40.1 Å². The maximum absolute atomic E-state index is 11.4. The molecule has 0 bridgehead atoms. The van der Waals surface area contributed by atoms with E-state index in [4.69, 9.17) is 0 Å². The second kappa shape index (κ2) is 18.3. The van der Waals surface area contributed by atoms with Crippen molar-refractivity contribution < 1.29 is 95.5 Å². The third-order valence-corrected chi connectivity index (χ3v) is 9.79. The van der Waals surface area contributed by atoms with Gasteiger partial charge in [0.05, 0.1) is 13.1 Å². The Labute approximate surface area is 265 Å². The second-order valence-electron chi connectivity index (χ2n) is 8.24. The summed E-state index contributed by atoms with van der Waals surface area (Å²) >= 11 is 0. The number of imidazole rings is 2. The van der Waals surface area contributed by atoms with Crippen LogP contribution in [0.3, 0.4) is 0 Å². The molecule has 0 saturated carbocycles. The van der Waals surface area contributed by atoms with Crippen molar-refractivity contribution in [3.63, 3.8) is 0 Å². The third-order valence-electron chi connectivity index (χ3n) is 4.31. The molecule has 0 spiro atoms. The van der Waals surface area contributed by atoms with E-state index in [2.05, 4.69) is 45.3 Å². The zero-order valence-electron chi connectivity index (χ0n) is 23.9. The number of unbranched alkanes of at least 4 members (excludes halogenated alkanes) is 2. The number of halogens is 12. The van der Waals surface area contributed by atoms with Gasteiger partial charge in [0.1, 0.15) is 24.8 Å². The van der Waals surface area contributed by atoms with Crippen LogP contribution in [0.4, 0.5) is 52.7 Å². The van der Waals surface area contributed by atoms with Crippen LogP contribution >= 0.6 is 0 Å². The first-order chi connectivity index (χ1) is 21.3. The van der Waals surface area contributed by atoms with Gasteiger partial charge in [-0.3, -0.25) is 9.97 Å². The first-order valence-electron chi connectivity index (χ1n) is 12.0. The van der Waals surface area contributed by atoms with Gasteiger partial charge in [-0.1, -0.05) is 26.7 Å². The van der Waals surface area contributed by atoms with Crippen molar-refractivity contribution in [2.75, 3.05) is 0 Å². The molecule has 2 N–H and O–H groups in total. The lowest BCUT2D eigenvalue weighted by Crippen LogP contribution is -2.30. The van der Waals surface area contributed by atoms with E-state index in [1.54, 1.807) is 0 Å². The number of hydrogen-bond acceptors (Lipinski definition) is 8. The molecule has 2 aromatic heterocycles. The van der Waals surface area contributed by atoms with Crippen LogP contribution in [0.5, 0.6) is 0 Å². The fourth-order valence-electron chi connectivity index (χ4n) is 2.03. The van der Waals surface area contributed by atoms with Crippen molar-refractivity contribution in [2.45, 2.75) is 74.7 Å². The Balaban J connectivity index is 0. The molecule has 284 valence electrons. The lowest BCUT2D eigenvalue weighted by molar-refractivity contribution is -0.696. The van der Waals surface area contributed by atoms with Crippen molar-refractivity contribution in [3.05, 3.63) is 45.7 Å². The van der Waals surface area contributed by atoms with Crippen LogP contribution in [0.1, 0.15) is 39.5 Å². The first-order valence-corrected chi connectivity index (χ1v) is 17.8. The number of alkyl halides is 12. The van der Waals surface area contributed by atoms with E-state index in [1.807, 2.05) is 25.0 Å². The predicted octanol–water partition coefficient (Wildman–Crippen LogP) is 4.32. The van der Waals surface area contributed by atoms with E-state index < -0.39 is 62.1 Å². The molecule has 2 rings (SSSR count). The number of hydrogen-bond donors (Lipinski definition) is 2. The van der Waals surface area contributed by atoms with Crippen molar-refractivity contribution >= 4 is 40.1 Å². The lowest BCUT2D eigenvalue weighted by Gasteiger charge is -2.22. The van der Waals surface area contributed by atoms with Gasteiger partial charge in [0, 0.05) is 0 Å². The van der Waals surface area contributed by atoms with Gasteiger partial charge in [-0.05, 0) is 12.8 Å². The normalized spacial score (nSPS) is 13.3. The number of rotatable bonds is 10. The Kier molecular flexibility index (Phi) is 18.1. The molecule has 0 amide bonds. The molecule has 0 aliphatic rings. The average Bonchev–Trinajstić information content (AvgIpc) is 3.58. The van der Waals surface area contributed by atoms with Gasteiger partial charge >= 0.3 is 22.0 Å². The molecule has 2 aromatic rings. The standard InChI is InChI=1S/2C7H12N2.2C2F6NO4S2/c2*1-2-3-5-9-6-4-8-7-9;2*3-1(4,5)14(10,11)9-15(12,13)2(6,7)8/h2*4,6-7H,2-3,5H2,1H3;;/q;;2*-1/p+2. The summed E-state index contributed by atoms with van der Waals surface area (Å²) in [7, 11) is -26.9. The first kappa shape index (κ1) is 47.4. The van der Waals surface area contributed by atoms with Gasteiger partial charge in [-0.15, -0.1) is 0 Å². The second-order valence-corrected chi connectivity index (χ2v) is 15.1. The Morgan fingerprint density at radius 3 is 0.875 bits per heavy atom. The fourth-order valence-corrected chi connectivity index (χ4v) is 5.45. The van der Waals surface area contributed by atoms with Crippen molar-refractivity contribution in [3.8, 4) is 0 Å². The summed E-state index contributed by atoms with van der Waals surface area (Å²) in [5.41, 5.74) is -24.8. The van der Waals surface area contributed by atoms with E-state index >= 15 is 0 Å². The Morgan fingerprint density at radius 2 is 0.729 bits per heavy atom. The van der Waals surface area contributed by atoms with Gasteiger partial charge in [-0.25, -0.2) is 42.8 Å². The topological polar surface area (TPSA) is 204 Å². The summed E-state index contributed by atoms with van der Waals surface area (Å²) < 4.78 is 223. The Morgan fingerprint density at radius 1 is 0.500 bits per heavy atom. The lowest BCUT2D eigenvalue weighted by atomic mass is 10.3. The number of aryl methyl sites for hydroxylation is 2. The molecule has 0 fully saturated rings. The maximum atomic E-state index is 11.4. The fraction of sp³-hybridized carbons (Fsp3) is 0.667. The molecule has 30 heteroatoms. The van der Waals surface area contributed by atoms with Crippen LogP contribution in [0.15, 0.2) is 37.4 Å². The van der Waals surface area contributed by atoms with Gasteiger partial charge in [0.25, 0.3) is 0 Å². The molecule has 0 aliphatic carbocycles. The van der Waals surface area contributed by atoms with Crippen LogP contribution in [-0.4, -0.2) is 65.7 Å². The molecule has 14 nitrogen and oxygen atoms in total. The van der Waals surface area contributed by atoms with Crippen LogP contribution in [0, 0.1) is 0 Å². The number of nitrogens with zero attached hydrogens (tertiary/aromatic N) is 4. The minimum atomic E-state index is -6.72. The number of sulfonamides is 4. The zero-order valence-corrected chi connectivity index (χ0v) is 27.2. The van der Waals surface area contributed by atoms with Crippen molar-refractivity contribution in [2.24, 2.45) is 0 Å². The predicted molar refractivity (Wildman–Crippen MR) is 138 cm³/mol. The van der Waals surface area contributed by atoms with E-state index in [9.17, 15) is 86.4 Å². The SMILES string of the molecule is CCCC[n+]1cc[nH]c1.CCCC[n+]1cc[nH]c1.O=S(=O)([N-]S(=O)(=O)C(F)(F)F)C(F)(F)F.O=S(=O)([N-]S(=O)(=O)C(F)(F)F)C(F)(F)F. The third kappa shape index (κ3) is 17.1. The molecule has 2 heterocycles. The van der Waals surface area contributed by atoms with Gasteiger partial charge in [-0.2, -0.15) is 52.7 Å². The van der Waals surface area contributed by atoms with E-state index in [0.29, 0.717) is 0 Å². The summed E-state index contributed by atoms with van der Waals surface area (Å²) in [5, 5.41) is 0. The van der Waals surface area contributed by atoms with Crippen molar-refractivity contribution in [1.29, 1.82) is 0 Å². The molecule has 0 saturated heterocycles. The molecule has 48 heavy (non-hydrogen) atoms. The van der Waals surface area contributed by atoms with Crippen LogP contribution in [-0.2, 0) is 53.2 Å². The quantitative estimate of drug-likeness (QED) is 0.261. The summed E-state index contributed by atoms with van der Waals surface area (Å²) in [6.45, 7) is 6.68. The van der Waals surface area contributed by atoms with E-state index in [-0.39, 0.29) is 0 Å². The number of nitrogens with one attached hydrogen (secondary N) is 2. The molecule has 0 aliphatic heterocycles. The Bertz CT molecular complexity index is 1430. The summed E-state index contributed by atoms with van der Waals surface area (Å²) in [4.78, 5) is 6.00. The highest BCUT2D eigenvalue weighted by molar-refractivity contribution is 8.13. The molecule has 0 aromatic carbocycles. The van der Waals surface area contributed by atoms with E-state index in [0.717, 1.165) is 21.3 Å². The smallest absolute Gasteiger partial charge is 0.421 e.